The van der Waals surface area contributed by atoms with Gasteiger partial charge in [-0.15, -0.1) is 11.3 Å². The van der Waals surface area contributed by atoms with Crippen molar-refractivity contribution < 1.29 is 12.8 Å². The van der Waals surface area contributed by atoms with Crippen molar-refractivity contribution in [2.75, 3.05) is 6.54 Å². The molecule has 4 heterocycles. The SMILES string of the molecule is O=c1c2c3c(sc2ncn1Cc1ccc(F)cc1)CN(S(=O)(=O)c1cccc2cccnc12)CC3. The third kappa shape index (κ3) is 3.74. The number of sulfonamides is 1. The highest BCUT2D eigenvalue weighted by atomic mass is 32.2. The van der Waals surface area contributed by atoms with Crippen molar-refractivity contribution >= 4 is 42.5 Å². The second-order valence-electron chi connectivity index (χ2n) is 8.41. The van der Waals surface area contributed by atoms with Gasteiger partial charge >= 0.3 is 0 Å². The summed E-state index contributed by atoms with van der Waals surface area (Å²) in [5.74, 6) is -0.333. The molecule has 0 saturated heterocycles. The van der Waals surface area contributed by atoms with Crippen LogP contribution in [0, 0.1) is 5.82 Å². The second kappa shape index (κ2) is 8.33. The minimum Gasteiger partial charge on any atom is -0.294 e. The average Bonchev–Trinajstić information content (AvgIpc) is 3.25. The first-order valence-electron chi connectivity index (χ1n) is 11.0. The Labute approximate surface area is 204 Å². The molecule has 0 saturated carbocycles. The summed E-state index contributed by atoms with van der Waals surface area (Å²) in [6.07, 6.45) is 3.50. The predicted molar refractivity (Wildman–Crippen MR) is 132 cm³/mol. The van der Waals surface area contributed by atoms with Gasteiger partial charge in [0.25, 0.3) is 5.56 Å². The molecule has 0 radical (unpaired) electrons. The maximum Gasteiger partial charge on any atom is 0.262 e. The first-order valence-corrected chi connectivity index (χ1v) is 13.3. The average molecular weight is 507 g/mol. The highest BCUT2D eigenvalue weighted by molar-refractivity contribution is 7.89. The van der Waals surface area contributed by atoms with Gasteiger partial charge in [0.1, 0.15) is 15.5 Å². The normalized spacial score (nSPS) is 14.4. The van der Waals surface area contributed by atoms with Crippen LogP contribution in [0.4, 0.5) is 4.39 Å². The molecule has 1 aliphatic rings. The minimum atomic E-state index is -3.79. The molecule has 5 aromatic rings. The molecule has 0 bridgehead atoms. The fourth-order valence-electron chi connectivity index (χ4n) is 4.52. The molecule has 0 fully saturated rings. The van der Waals surface area contributed by atoms with Crippen LogP contribution in [0.2, 0.25) is 0 Å². The number of benzene rings is 2. The molecule has 3 aromatic heterocycles. The molecule has 0 amide bonds. The van der Waals surface area contributed by atoms with Crippen LogP contribution in [0.25, 0.3) is 21.1 Å². The largest absolute Gasteiger partial charge is 0.294 e. The van der Waals surface area contributed by atoms with Crippen LogP contribution >= 0.6 is 11.3 Å². The van der Waals surface area contributed by atoms with Gasteiger partial charge in [-0.05, 0) is 41.8 Å². The molecule has 2 aromatic carbocycles. The van der Waals surface area contributed by atoms with Gasteiger partial charge in [0, 0.05) is 29.5 Å². The molecule has 1 aliphatic heterocycles. The number of hydrogen-bond acceptors (Lipinski definition) is 6. The maximum atomic E-state index is 13.6. The zero-order valence-corrected chi connectivity index (χ0v) is 20.0. The minimum absolute atomic E-state index is 0.175. The zero-order valence-electron chi connectivity index (χ0n) is 18.4. The predicted octanol–water partition coefficient (Wildman–Crippen LogP) is 3.94. The summed E-state index contributed by atoms with van der Waals surface area (Å²) in [5, 5.41) is 1.30. The Balaban J connectivity index is 1.36. The Kier molecular flexibility index (Phi) is 5.24. The van der Waals surface area contributed by atoms with E-state index in [-0.39, 0.29) is 35.9 Å². The first kappa shape index (κ1) is 22.0. The Morgan fingerprint density at radius 2 is 1.83 bits per heavy atom. The van der Waals surface area contributed by atoms with Crippen LogP contribution in [0.3, 0.4) is 0 Å². The standard InChI is InChI=1S/C25H19FN4O3S2/c26-18-8-6-16(7-9-18)13-29-15-28-24-22(25(29)31)19-10-12-30(14-20(19)34-24)35(32,33)21-5-1-3-17-4-2-11-27-23(17)21/h1-9,11,15H,10,12-14H2. The van der Waals surface area contributed by atoms with E-state index in [9.17, 15) is 17.6 Å². The number of hydrogen-bond donors (Lipinski definition) is 0. The lowest BCUT2D eigenvalue weighted by atomic mass is 10.1. The third-order valence-electron chi connectivity index (χ3n) is 6.27. The van der Waals surface area contributed by atoms with Crippen LogP contribution in [0.15, 0.2) is 76.8 Å². The van der Waals surface area contributed by atoms with E-state index in [2.05, 4.69) is 9.97 Å². The van der Waals surface area contributed by atoms with Crippen LogP contribution in [-0.4, -0.2) is 33.8 Å². The summed E-state index contributed by atoms with van der Waals surface area (Å²) in [6.45, 7) is 0.720. The molecule has 0 unspecified atom stereocenters. The monoisotopic (exact) mass is 506 g/mol. The van der Waals surface area contributed by atoms with Gasteiger partial charge in [0.05, 0.1) is 23.8 Å². The Morgan fingerprint density at radius 3 is 2.66 bits per heavy atom. The van der Waals surface area contributed by atoms with E-state index in [0.717, 1.165) is 21.4 Å². The lowest BCUT2D eigenvalue weighted by Gasteiger charge is -2.26. The van der Waals surface area contributed by atoms with Crippen LogP contribution < -0.4 is 5.56 Å². The molecule has 7 nitrogen and oxygen atoms in total. The number of para-hydroxylation sites is 1. The first-order chi connectivity index (χ1) is 16.9. The van der Waals surface area contributed by atoms with E-state index in [0.29, 0.717) is 22.2 Å². The molecule has 10 heteroatoms. The van der Waals surface area contributed by atoms with Crippen molar-refractivity contribution in [2.45, 2.75) is 24.4 Å². The summed E-state index contributed by atoms with van der Waals surface area (Å²) in [7, 11) is -3.79. The van der Waals surface area contributed by atoms with Crippen molar-refractivity contribution in [3.8, 4) is 0 Å². The van der Waals surface area contributed by atoms with Gasteiger partial charge < -0.3 is 0 Å². The second-order valence-corrected chi connectivity index (χ2v) is 11.4. The summed E-state index contributed by atoms with van der Waals surface area (Å²) in [5.41, 5.74) is 1.92. The number of nitrogens with zero attached hydrogens (tertiary/aromatic N) is 4. The molecule has 176 valence electrons. The van der Waals surface area contributed by atoms with E-state index in [4.69, 9.17) is 0 Å². The van der Waals surface area contributed by atoms with Gasteiger partial charge in [-0.25, -0.2) is 17.8 Å². The Bertz CT molecular complexity index is 1760. The molecule has 0 N–H and O–H groups in total. The topological polar surface area (TPSA) is 85.2 Å². The molecular weight excluding hydrogens is 487 g/mol. The van der Waals surface area contributed by atoms with Gasteiger partial charge in [-0.3, -0.25) is 14.3 Å². The van der Waals surface area contributed by atoms with E-state index in [1.807, 2.05) is 12.1 Å². The quantitative estimate of drug-likeness (QED) is 0.369. The van der Waals surface area contributed by atoms with Crippen molar-refractivity contribution in [1.82, 2.24) is 18.8 Å². The molecule has 0 spiro atoms. The Morgan fingerprint density at radius 1 is 1.03 bits per heavy atom. The molecule has 6 rings (SSSR count). The van der Waals surface area contributed by atoms with Crippen molar-refractivity contribution in [3.05, 3.63) is 99.3 Å². The molecular formula is C25H19FN4O3S2. The maximum absolute atomic E-state index is 13.6. The van der Waals surface area contributed by atoms with E-state index < -0.39 is 10.0 Å². The Hall–Kier alpha value is -3.47. The lowest BCUT2D eigenvalue weighted by molar-refractivity contribution is 0.397. The number of pyridine rings is 1. The molecule has 0 aliphatic carbocycles. The fourth-order valence-corrected chi connectivity index (χ4v) is 7.37. The van der Waals surface area contributed by atoms with E-state index in [1.165, 1.54) is 38.7 Å². The van der Waals surface area contributed by atoms with Gasteiger partial charge in [-0.2, -0.15) is 4.31 Å². The van der Waals surface area contributed by atoms with Crippen LogP contribution in [-0.2, 0) is 29.5 Å². The zero-order chi connectivity index (χ0) is 24.2. The fraction of sp³-hybridized carbons (Fsp3) is 0.160. The number of fused-ring (bicyclic) bond motifs is 4. The summed E-state index contributed by atoms with van der Waals surface area (Å²) < 4.78 is 43.3. The van der Waals surface area contributed by atoms with Gasteiger partial charge in [-0.1, -0.05) is 30.3 Å². The van der Waals surface area contributed by atoms with Crippen molar-refractivity contribution in [3.63, 3.8) is 0 Å². The number of thiophene rings is 1. The highest BCUT2D eigenvalue weighted by Gasteiger charge is 2.32. The highest BCUT2D eigenvalue weighted by Crippen LogP contribution is 2.35. The van der Waals surface area contributed by atoms with E-state index >= 15 is 0 Å². The van der Waals surface area contributed by atoms with Crippen LogP contribution in [0.1, 0.15) is 16.0 Å². The lowest BCUT2D eigenvalue weighted by Crippen LogP contribution is -2.35. The van der Waals surface area contributed by atoms with Gasteiger partial charge in [0.15, 0.2) is 0 Å². The summed E-state index contributed by atoms with van der Waals surface area (Å²) in [6, 6.07) is 14.8. The number of halogens is 1. The van der Waals surface area contributed by atoms with Crippen molar-refractivity contribution in [2.24, 2.45) is 0 Å². The third-order valence-corrected chi connectivity index (χ3v) is 9.27. The molecule has 0 atom stereocenters. The van der Waals surface area contributed by atoms with E-state index in [1.54, 1.807) is 36.5 Å². The number of rotatable bonds is 4. The summed E-state index contributed by atoms with van der Waals surface area (Å²) in [4.78, 5) is 23.7. The van der Waals surface area contributed by atoms with Crippen LogP contribution in [0.5, 0.6) is 0 Å². The number of aromatic nitrogens is 3. The summed E-state index contributed by atoms with van der Waals surface area (Å²) >= 11 is 1.35. The van der Waals surface area contributed by atoms with Gasteiger partial charge in [0.2, 0.25) is 10.0 Å². The smallest absolute Gasteiger partial charge is 0.262 e. The molecule has 35 heavy (non-hydrogen) atoms. The van der Waals surface area contributed by atoms with Crippen molar-refractivity contribution in [1.29, 1.82) is 0 Å².